The molecule has 3 heterocycles. The van der Waals surface area contributed by atoms with Gasteiger partial charge in [0.15, 0.2) is 6.33 Å². The van der Waals surface area contributed by atoms with E-state index in [-0.39, 0.29) is 17.1 Å². The molecule has 6 N–H and O–H groups in total. The zero-order chi connectivity index (χ0) is 23.1. The number of nitrogens with two attached hydrogens (primary N) is 1. The summed E-state index contributed by atoms with van der Waals surface area (Å²) in [6.07, 6.45) is 1.55. The molecule has 170 valence electrons. The fourth-order valence-electron chi connectivity index (χ4n) is 3.14. The van der Waals surface area contributed by atoms with Crippen LogP contribution in [0.5, 0.6) is 0 Å². The molecule has 0 aliphatic carbocycles. The van der Waals surface area contributed by atoms with E-state index in [1.807, 2.05) is 0 Å². The third-order valence-corrected chi connectivity index (χ3v) is 6.94. The molecule has 15 nitrogen and oxygen atoms in total. The van der Waals surface area contributed by atoms with Crippen LogP contribution in [-0.4, -0.2) is 61.5 Å². The molecule has 0 saturated carbocycles. The number of aryl methyl sites for hydroxylation is 1. The number of terminal acetylenes is 1. The maximum absolute atomic E-state index is 12.2. The smallest absolute Gasteiger partial charge is 0.387 e. The van der Waals surface area contributed by atoms with Crippen LogP contribution in [0.4, 0.5) is 5.95 Å². The summed E-state index contributed by atoms with van der Waals surface area (Å²) in [5.41, 5.74) is 6.75. The predicted molar refractivity (Wildman–Crippen MR) is 102 cm³/mol. The van der Waals surface area contributed by atoms with E-state index >= 15 is 0 Å². The first-order valence-electron chi connectivity index (χ1n) is 8.50. The number of hydrogen-bond acceptors (Lipinski definition) is 10. The van der Waals surface area contributed by atoms with E-state index in [1.165, 1.54) is 28.2 Å². The summed E-state index contributed by atoms with van der Waals surface area (Å²) in [4.78, 5) is 37.4. The van der Waals surface area contributed by atoms with Gasteiger partial charge in [-0.1, -0.05) is 4.98 Å². The van der Waals surface area contributed by atoms with Gasteiger partial charge in [-0.05, 0) is 0 Å². The number of phosphoric ester groups is 1. The van der Waals surface area contributed by atoms with Gasteiger partial charge < -0.3 is 30.1 Å². The average molecular weight is 480 g/mol. The Hall–Kier alpha value is -2.11. The molecule has 0 aromatic carbocycles. The van der Waals surface area contributed by atoms with Gasteiger partial charge in [0.2, 0.25) is 11.7 Å². The van der Waals surface area contributed by atoms with Gasteiger partial charge in [-0.2, -0.15) is 4.31 Å². The van der Waals surface area contributed by atoms with Gasteiger partial charge in [-0.15, -0.1) is 6.42 Å². The van der Waals surface area contributed by atoms with Crippen LogP contribution in [0.25, 0.3) is 11.2 Å². The van der Waals surface area contributed by atoms with Gasteiger partial charge in [0, 0.05) is 12.8 Å². The summed E-state index contributed by atoms with van der Waals surface area (Å²) >= 11 is 0. The van der Waals surface area contributed by atoms with Crippen molar-refractivity contribution in [3.63, 3.8) is 0 Å². The van der Waals surface area contributed by atoms with Crippen molar-refractivity contribution in [3.05, 3.63) is 16.7 Å². The minimum atomic E-state index is -5.05. The van der Waals surface area contributed by atoms with E-state index in [0.29, 0.717) is 0 Å². The van der Waals surface area contributed by atoms with E-state index < -0.39 is 52.1 Å². The fraction of sp³-hybridized carbons (Fsp3) is 0.500. The number of aliphatic hydroxyl groups excluding tert-OH is 1. The number of H-pyrrole nitrogens is 1. The van der Waals surface area contributed by atoms with Crippen molar-refractivity contribution in [2.45, 2.75) is 24.5 Å². The number of aromatic amines is 1. The third-order valence-electron chi connectivity index (χ3n) is 4.43. The number of nitrogens with one attached hydrogen (secondary N) is 1. The van der Waals surface area contributed by atoms with E-state index in [9.17, 15) is 23.9 Å². The Morgan fingerprint density at radius 1 is 1.48 bits per heavy atom. The molecule has 0 amide bonds. The number of fused-ring (bicyclic) bond motifs is 1. The normalized spacial score (nSPS) is 27.6. The molecule has 31 heavy (non-hydrogen) atoms. The second kappa shape index (κ2) is 8.44. The molecule has 0 radical (unpaired) electrons. The van der Waals surface area contributed by atoms with Crippen molar-refractivity contribution < 1.29 is 46.9 Å². The van der Waals surface area contributed by atoms with Crippen LogP contribution in [0, 0.1) is 12.1 Å². The highest BCUT2D eigenvalue weighted by molar-refractivity contribution is 7.67. The number of ether oxygens (including phenoxy) is 2. The lowest BCUT2D eigenvalue weighted by Gasteiger charge is -2.18. The molecule has 2 aromatic heterocycles. The summed E-state index contributed by atoms with van der Waals surface area (Å²) in [5.74, 6) is -0.148. The summed E-state index contributed by atoms with van der Waals surface area (Å²) in [5, 5.41) is 10.5. The second-order valence-corrected chi connectivity index (χ2v) is 9.66. The zero-order valence-electron chi connectivity index (χ0n) is 16.2. The Kier molecular flexibility index (Phi) is 6.41. The largest absolute Gasteiger partial charge is 0.480 e. The average Bonchev–Trinajstić information content (AvgIpc) is 3.15. The first-order valence-corrected chi connectivity index (χ1v) is 11.6. The molecule has 0 bridgehead atoms. The Morgan fingerprint density at radius 2 is 2.16 bits per heavy atom. The van der Waals surface area contributed by atoms with E-state index in [0.717, 1.165) is 0 Å². The minimum absolute atomic E-state index is 0.135. The van der Waals surface area contributed by atoms with Crippen molar-refractivity contribution in [1.82, 2.24) is 14.5 Å². The lowest BCUT2D eigenvalue weighted by molar-refractivity contribution is -0.746. The highest BCUT2D eigenvalue weighted by Crippen LogP contribution is 2.59. The monoisotopic (exact) mass is 480 g/mol. The number of nitrogens with zero attached hydrogens (tertiary/aromatic N) is 3. The third kappa shape index (κ3) is 4.73. The molecule has 17 heteroatoms. The van der Waals surface area contributed by atoms with Crippen LogP contribution >= 0.6 is 15.4 Å². The number of methoxy groups -OCH3 is 1. The van der Waals surface area contributed by atoms with Crippen LogP contribution in [0.2, 0.25) is 0 Å². The van der Waals surface area contributed by atoms with Crippen LogP contribution in [0.1, 0.15) is 6.23 Å². The maximum atomic E-state index is 12.2. The number of phosphoric acid groups is 1. The number of hydrogen-bond donors (Lipinski definition) is 5. The molecular weight excluding hydrogens is 460 g/mol. The highest BCUT2D eigenvalue weighted by Gasteiger charge is 2.49. The van der Waals surface area contributed by atoms with Gasteiger partial charge in [-0.3, -0.25) is 18.9 Å². The summed E-state index contributed by atoms with van der Waals surface area (Å²) < 4.78 is 45.7. The van der Waals surface area contributed by atoms with Gasteiger partial charge >= 0.3 is 21.1 Å². The summed E-state index contributed by atoms with van der Waals surface area (Å²) in [7, 11) is -6.96. The molecule has 1 aliphatic rings. The Morgan fingerprint density at radius 3 is 2.77 bits per heavy atom. The number of aliphatic hydroxyl groups is 1. The van der Waals surface area contributed by atoms with Crippen molar-refractivity contribution in [3.8, 4) is 12.1 Å². The van der Waals surface area contributed by atoms with Gasteiger partial charge in [0.25, 0.3) is 11.5 Å². The molecule has 3 unspecified atom stereocenters. The van der Waals surface area contributed by atoms with Gasteiger partial charge in [0.05, 0.1) is 13.7 Å². The molecule has 3 rings (SSSR count). The van der Waals surface area contributed by atoms with Crippen molar-refractivity contribution in [2.75, 3.05) is 19.5 Å². The van der Waals surface area contributed by atoms with Crippen molar-refractivity contribution in [2.24, 2.45) is 7.05 Å². The Labute approximate surface area is 174 Å². The first-order chi connectivity index (χ1) is 14.4. The minimum Gasteiger partial charge on any atom is -0.387 e. The molecule has 2 aromatic rings. The number of nitrogen functional groups attached to an aromatic ring is 1. The predicted octanol–water partition coefficient (Wildman–Crippen LogP) is -1.69. The number of aromatic nitrogens is 4. The number of imidazole rings is 1. The first kappa shape index (κ1) is 23.6. The molecular formula is C14H20N5O10P2+. The van der Waals surface area contributed by atoms with Crippen LogP contribution in [0.3, 0.4) is 0 Å². The molecule has 6 atom stereocenters. The second-order valence-electron chi connectivity index (χ2n) is 6.51. The topological polar surface area (TPSA) is 212 Å². The summed E-state index contributed by atoms with van der Waals surface area (Å²) in [6, 6.07) is 0. The lowest BCUT2D eigenvalue weighted by Crippen LogP contribution is -2.47. The van der Waals surface area contributed by atoms with Crippen LogP contribution in [0.15, 0.2) is 11.1 Å². The highest BCUT2D eigenvalue weighted by atomic mass is 31.3. The quantitative estimate of drug-likeness (QED) is 0.171. The van der Waals surface area contributed by atoms with Crippen LogP contribution < -0.4 is 15.9 Å². The zero-order valence-corrected chi connectivity index (χ0v) is 18.0. The van der Waals surface area contributed by atoms with Gasteiger partial charge in [-0.25, -0.2) is 13.7 Å². The Bertz CT molecular complexity index is 1190. The summed E-state index contributed by atoms with van der Waals surface area (Å²) in [6.45, 7) is -0.725. The van der Waals surface area contributed by atoms with E-state index in [4.69, 9.17) is 26.5 Å². The van der Waals surface area contributed by atoms with Crippen LogP contribution in [-0.2, 0) is 34.5 Å². The fourth-order valence-corrected chi connectivity index (χ4v) is 4.98. The van der Waals surface area contributed by atoms with Crippen molar-refractivity contribution >= 4 is 32.5 Å². The standard InChI is InChI=1S/C14H19N5O10P2/c1-4-30(22,23)29-31(24,25)27-5-7-9(20)10(26-3)13(28-7)19-6-18(2)8-11(19)16-14(15)17-12(8)21/h1,6-7,9-10,13,20H,5H2,2-3H3,(H4-,15,16,17,21,22,23,24,25)/p+1/t7-,9?,10+,13-/m1/s1. The molecule has 1 aliphatic heterocycles. The maximum Gasteiger partial charge on any atom is 0.480 e. The van der Waals surface area contributed by atoms with E-state index in [1.54, 1.807) is 7.05 Å². The SMILES string of the molecule is C#CP(=O)(O)OP(=O)(O)OC[C@H]1O[C@@H]([n+]2cn(C)c3c(=O)[nH]c(N)nc32)[C@@H](OC)C1O. The molecule has 1 saturated heterocycles. The number of rotatable bonds is 7. The molecule has 1 fully saturated rings. The van der Waals surface area contributed by atoms with Gasteiger partial charge in [0.1, 0.15) is 18.3 Å². The Balaban J connectivity index is 1.86. The van der Waals surface area contributed by atoms with E-state index in [2.05, 4.69) is 18.8 Å². The van der Waals surface area contributed by atoms with Crippen molar-refractivity contribution in [1.29, 1.82) is 0 Å². The molecule has 0 spiro atoms. The lowest BCUT2D eigenvalue weighted by atomic mass is 10.1. The number of anilines is 1.